The van der Waals surface area contributed by atoms with Gasteiger partial charge in [-0.3, -0.25) is 4.79 Å². The van der Waals surface area contributed by atoms with Crippen molar-refractivity contribution >= 4 is 5.91 Å². The normalized spacial score (nSPS) is 38.6. The fourth-order valence-corrected chi connectivity index (χ4v) is 7.06. The number of nitrogens with one attached hydrogen (secondary N) is 1. The van der Waals surface area contributed by atoms with E-state index in [-0.39, 0.29) is 5.91 Å². The number of hydrogen-bond acceptors (Lipinski definition) is 4. The molecule has 5 rings (SSSR count). The van der Waals surface area contributed by atoms with Crippen molar-refractivity contribution in [1.29, 1.82) is 0 Å². The summed E-state index contributed by atoms with van der Waals surface area (Å²) in [4.78, 5) is 16.9. The van der Waals surface area contributed by atoms with Crippen LogP contribution in [0.5, 0.6) is 0 Å². The number of piperidine rings is 1. The van der Waals surface area contributed by atoms with Crippen LogP contribution in [-0.4, -0.2) is 64.7 Å². The number of rotatable bonds is 4. The highest BCUT2D eigenvalue weighted by molar-refractivity contribution is 5.86. The molecular weight excluding hydrogens is 374 g/mol. The maximum absolute atomic E-state index is 12.6. The third-order valence-electron chi connectivity index (χ3n) is 9.30. The molecule has 5 aliphatic rings. The van der Waals surface area contributed by atoms with E-state index in [4.69, 9.17) is 0 Å². The van der Waals surface area contributed by atoms with Crippen molar-refractivity contribution in [3.63, 3.8) is 0 Å². The Hall–Kier alpha value is -1.07. The van der Waals surface area contributed by atoms with Gasteiger partial charge in [-0.25, -0.2) is 0 Å². The molecule has 5 nitrogen and oxygen atoms in total. The maximum atomic E-state index is 12.6. The van der Waals surface area contributed by atoms with Crippen LogP contribution >= 0.6 is 0 Å². The Morgan fingerprint density at radius 1 is 0.800 bits per heavy atom. The van der Waals surface area contributed by atoms with Gasteiger partial charge in [0, 0.05) is 44.0 Å². The van der Waals surface area contributed by atoms with Gasteiger partial charge in [0.05, 0.1) is 0 Å². The third kappa shape index (κ3) is 3.92. The summed E-state index contributed by atoms with van der Waals surface area (Å²) in [6.45, 7) is 7.68. The highest BCUT2D eigenvalue weighted by Crippen LogP contribution is 2.41. The fraction of sp³-hybridized carbons (Fsp3) is 0.880. The minimum absolute atomic E-state index is 0.0380. The van der Waals surface area contributed by atoms with Crippen molar-refractivity contribution in [2.75, 3.05) is 26.2 Å². The Bertz CT molecular complexity index is 645. The minimum atomic E-state index is -1.05. The standard InChI is InChI=1S/C25H41N3O2/c1-18(27-14-16-28(17-15-27)24(29)25(30)12-3-13-25)19-6-8-21(9-7-19)23-11-10-20-4-2-5-22(20)26-23/h19-23,26,30H,1-17H2. The third-order valence-corrected chi connectivity index (χ3v) is 9.30. The van der Waals surface area contributed by atoms with Gasteiger partial charge in [-0.2, -0.15) is 0 Å². The molecule has 0 spiro atoms. The van der Waals surface area contributed by atoms with E-state index >= 15 is 0 Å². The molecule has 2 N–H and O–H groups in total. The van der Waals surface area contributed by atoms with Crippen molar-refractivity contribution in [3.8, 4) is 0 Å². The molecule has 0 aromatic heterocycles. The number of carbonyl (C=O) groups is 1. The zero-order valence-electron chi connectivity index (χ0n) is 18.7. The van der Waals surface area contributed by atoms with Crippen LogP contribution in [0.3, 0.4) is 0 Å². The van der Waals surface area contributed by atoms with E-state index in [2.05, 4.69) is 16.8 Å². The molecule has 5 heteroatoms. The van der Waals surface area contributed by atoms with Crippen molar-refractivity contribution < 1.29 is 9.90 Å². The lowest BCUT2D eigenvalue weighted by atomic mass is 9.74. The number of fused-ring (bicyclic) bond motifs is 1. The zero-order valence-corrected chi connectivity index (χ0v) is 18.7. The number of allylic oxidation sites excluding steroid dienone is 1. The molecule has 3 unspecified atom stereocenters. The summed E-state index contributed by atoms with van der Waals surface area (Å²) >= 11 is 0. The van der Waals surface area contributed by atoms with Crippen LogP contribution in [-0.2, 0) is 4.79 Å². The molecule has 5 fully saturated rings. The Morgan fingerprint density at radius 2 is 1.40 bits per heavy atom. The van der Waals surface area contributed by atoms with Crippen LogP contribution in [0, 0.1) is 17.8 Å². The van der Waals surface area contributed by atoms with E-state index in [9.17, 15) is 9.90 Å². The van der Waals surface area contributed by atoms with Gasteiger partial charge in [0.15, 0.2) is 0 Å². The predicted octanol–water partition coefficient (Wildman–Crippen LogP) is 3.29. The van der Waals surface area contributed by atoms with Crippen LogP contribution in [0.25, 0.3) is 0 Å². The SMILES string of the molecule is C=C(C1CCC(C2CCC3CCCC3N2)CC1)N1CCN(C(=O)C2(O)CCC2)CC1. The average Bonchev–Trinajstić information content (AvgIpc) is 3.24. The van der Waals surface area contributed by atoms with Crippen molar-refractivity contribution in [2.45, 2.75) is 94.7 Å². The average molecular weight is 416 g/mol. The van der Waals surface area contributed by atoms with Crippen molar-refractivity contribution in [1.82, 2.24) is 15.1 Å². The molecule has 3 atom stereocenters. The molecule has 0 aromatic carbocycles. The summed E-state index contributed by atoms with van der Waals surface area (Å²) in [5.41, 5.74) is 0.249. The number of piperazine rings is 1. The van der Waals surface area contributed by atoms with E-state index in [0.29, 0.717) is 18.8 Å². The molecule has 2 heterocycles. The van der Waals surface area contributed by atoms with Crippen LogP contribution in [0.4, 0.5) is 0 Å². The van der Waals surface area contributed by atoms with Gasteiger partial charge in [-0.15, -0.1) is 0 Å². The van der Waals surface area contributed by atoms with Gasteiger partial charge in [-0.05, 0) is 88.4 Å². The van der Waals surface area contributed by atoms with Gasteiger partial charge in [0.2, 0.25) is 0 Å². The van der Waals surface area contributed by atoms with Crippen LogP contribution in [0.1, 0.15) is 77.0 Å². The molecule has 2 aliphatic heterocycles. The van der Waals surface area contributed by atoms with Crippen molar-refractivity contribution in [3.05, 3.63) is 12.3 Å². The first-order chi connectivity index (χ1) is 14.5. The molecule has 0 aromatic rings. The number of nitrogens with zero attached hydrogens (tertiary/aromatic N) is 2. The first-order valence-electron chi connectivity index (χ1n) is 12.7. The Labute approximate surface area is 182 Å². The Kier molecular flexibility index (Phi) is 5.87. The predicted molar refractivity (Wildman–Crippen MR) is 119 cm³/mol. The highest BCUT2D eigenvalue weighted by atomic mass is 16.3. The monoisotopic (exact) mass is 415 g/mol. The minimum Gasteiger partial charge on any atom is -0.380 e. The lowest BCUT2D eigenvalue weighted by Crippen LogP contribution is -2.58. The molecular formula is C25H41N3O2. The van der Waals surface area contributed by atoms with Crippen molar-refractivity contribution in [2.24, 2.45) is 17.8 Å². The number of carbonyl (C=O) groups excluding carboxylic acids is 1. The van der Waals surface area contributed by atoms with E-state index in [1.807, 2.05) is 4.90 Å². The lowest BCUT2D eigenvalue weighted by molar-refractivity contribution is -0.161. The quantitative estimate of drug-likeness (QED) is 0.740. The smallest absolute Gasteiger partial charge is 0.254 e. The van der Waals surface area contributed by atoms with Gasteiger partial charge >= 0.3 is 0 Å². The highest BCUT2D eigenvalue weighted by Gasteiger charge is 2.45. The lowest BCUT2D eigenvalue weighted by Gasteiger charge is -2.45. The van der Waals surface area contributed by atoms with Gasteiger partial charge < -0.3 is 20.2 Å². The second-order valence-corrected chi connectivity index (χ2v) is 10.9. The molecule has 168 valence electrons. The second-order valence-electron chi connectivity index (χ2n) is 10.9. The van der Waals surface area contributed by atoms with E-state index in [0.717, 1.165) is 56.5 Å². The fourth-order valence-electron chi connectivity index (χ4n) is 7.06. The maximum Gasteiger partial charge on any atom is 0.254 e. The van der Waals surface area contributed by atoms with Crippen LogP contribution in [0.2, 0.25) is 0 Å². The van der Waals surface area contributed by atoms with Crippen LogP contribution < -0.4 is 5.32 Å². The molecule has 0 bridgehead atoms. The summed E-state index contributed by atoms with van der Waals surface area (Å²) in [6.07, 6.45) is 14.6. The first-order valence-corrected chi connectivity index (χ1v) is 12.7. The summed E-state index contributed by atoms with van der Waals surface area (Å²) < 4.78 is 0. The van der Waals surface area contributed by atoms with E-state index < -0.39 is 5.60 Å². The summed E-state index contributed by atoms with van der Waals surface area (Å²) in [5, 5.41) is 14.4. The van der Waals surface area contributed by atoms with Gasteiger partial charge in [0.25, 0.3) is 5.91 Å². The molecule has 3 saturated carbocycles. The first kappa shape index (κ1) is 20.8. The number of amides is 1. The summed E-state index contributed by atoms with van der Waals surface area (Å²) in [6, 6.07) is 1.57. The summed E-state index contributed by atoms with van der Waals surface area (Å²) in [5.74, 6) is 2.40. The largest absolute Gasteiger partial charge is 0.380 e. The summed E-state index contributed by atoms with van der Waals surface area (Å²) in [7, 11) is 0. The van der Waals surface area contributed by atoms with E-state index in [1.54, 1.807) is 0 Å². The van der Waals surface area contributed by atoms with Gasteiger partial charge in [-0.1, -0.05) is 13.0 Å². The Balaban J connectivity index is 1.07. The number of aliphatic hydroxyl groups is 1. The molecule has 0 radical (unpaired) electrons. The van der Waals surface area contributed by atoms with Gasteiger partial charge in [0.1, 0.15) is 5.60 Å². The number of hydrogen-bond donors (Lipinski definition) is 2. The molecule has 1 amide bonds. The Morgan fingerprint density at radius 3 is 2.07 bits per heavy atom. The molecule has 2 saturated heterocycles. The molecule has 30 heavy (non-hydrogen) atoms. The zero-order chi connectivity index (χ0) is 20.7. The topological polar surface area (TPSA) is 55.8 Å². The molecule has 3 aliphatic carbocycles. The van der Waals surface area contributed by atoms with E-state index in [1.165, 1.54) is 63.5 Å². The second kappa shape index (κ2) is 8.46. The van der Waals surface area contributed by atoms with Crippen LogP contribution in [0.15, 0.2) is 12.3 Å².